The molecule has 0 saturated carbocycles. The highest BCUT2D eigenvalue weighted by Gasteiger charge is 2.21. The van der Waals surface area contributed by atoms with Gasteiger partial charge < -0.3 is 4.90 Å². The Morgan fingerprint density at radius 3 is 2.60 bits per heavy atom. The van der Waals surface area contributed by atoms with E-state index in [0.29, 0.717) is 31.5 Å². The van der Waals surface area contributed by atoms with E-state index < -0.39 is 0 Å². The van der Waals surface area contributed by atoms with Gasteiger partial charge >= 0.3 is 0 Å². The molecule has 0 spiro atoms. The normalized spacial score (nSPS) is 15.4. The number of carbonyl (C=O) groups excluding carboxylic acids is 2. The largest absolute Gasteiger partial charge is 0.338 e. The monoisotopic (exact) mass is 285 g/mol. The number of Topliss-reactive ketones (excluding diaryl/α,β-unsaturated/α-hetero) is 1. The molecule has 0 atom stereocenters. The van der Waals surface area contributed by atoms with Crippen LogP contribution in [0.2, 0.25) is 0 Å². The number of benzene rings is 1. The molecular formula is C16H15NO2S. The second-order valence-electron chi connectivity index (χ2n) is 4.92. The smallest absolute Gasteiger partial charge is 0.253 e. The van der Waals surface area contributed by atoms with Crippen LogP contribution in [0, 0.1) is 0 Å². The van der Waals surface area contributed by atoms with Gasteiger partial charge in [0, 0.05) is 31.5 Å². The van der Waals surface area contributed by atoms with Gasteiger partial charge in [-0.05, 0) is 40.1 Å². The first kappa shape index (κ1) is 13.1. The van der Waals surface area contributed by atoms with E-state index in [1.807, 2.05) is 35.7 Å². The maximum absolute atomic E-state index is 12.4. The third-order valence-electron chi connectivity index (χ3n) is 3.57. The highest BCUT2D eigenvalue weighted by atomic mass is 32.1. The number of piperidine rings is 1. The molecule has 0 radical (unpaired) electrons. The lowest BCUT2D eigenvalue weighted by Crippen LogP contribution is -2.38. The van der Waals surface area contributed by atoms with Crippen LogP contribution in [-0.2, 0) is 4.79 Å². The zero-order chi connectivity index (χ0) is 13.9. The number of carbonyl (C=O) groups is 2. The molecule has 0 unspecified atom stereocenters. The van der Waals surface area contributed by atoms with Gasteiger partial charge in [0.15, 0.2) is 0 Å². The molecule has 3 nitrogen and oxygen atoms in total. The van der Waals surface area contributed by atoms with Crippen molar-refractivity contribution in [3.8, 4) is 11.1 Å². The van der Waals surface area contributed by atoms with Crippen LogP contribution in [0.4, 0.5) is 0 Å². The molecule has 20 heavy (non-hydrogen) atoms. The molecule has 102 valence electrons. The molecule has 1 fully saturated rings. The molecular weight excluding hydrogens is 270 g/mol. The number of amides is 1. The third-order valence-corrected chi connectivity index (χ3v) is 4.26. The maximum atomic E-state index is 12.4. The van der Waals surface area contributed by atoms with E-state index in [-0.39, 0.29) is 11.7 Å². The van der Waals surface area contributed by atoms with Crippen molar-refractivity contribution in [3.05, 3.63) is 46.7 Å². The Labute approximate surface area is 121 Å². The summed E-state index contributed by atoms with van der Waals surface area (Å²) < 4.78 is 0. The molecule has 1 amide bonds. The van der Waals surface area contributed by atoms with Crippen LogP contribution in [0.15, 0.2) is 41.1 Å². The molecule has 3 rings (SSSR count). The van der Waals surface area contributed by atoms with E-state index in [1.54, 1.807) is 16.2 Å². The summed E-state index contributed by atoms with van der Waals surface area (Å²) in [7, 11) is 0. The number of hydrogen-bond donors (Lipinski definition) is 0. The van der Waals surface area contributed by atoms with Crippen molar-refractivity contribution < 1.29 is 9.59 Å². The van der Waals surface area contributed by atoms with Gasteiger partial charge in [-0.25, -0.2) is 0 Å². The average Bonchev–Trinajstić information content (AvgIpc) is 3.02. The van der Waals surface area contributed by atoms with Gasteiger partial charge in [0.05, 0.1) is 0 Å². The summed E-state index contributed by atoms with van der Waals surface area (Å²) in [4.78, 5) is 25.5. The minimum Gasteiger partial charge on any atom is -0.338 e. The second kappa shape index (κ2) is 5.59. The Morgan fingerprint density at radius 1 is 1.10 bits per heavy atom. The summed E-state index contributed by atoms with van der Waals surface area (Å²) in [6.45, 7) is 1.08. The number of rotatable bonds is 2. The number of ketones is 1. The van der Waals surface area contributed by atoms with E-state index in [4.69, 9.17) is 0 Å². The van der Waals surface area contributed by atoms with Gasteiger partial charge in [-0.1, -0.05) is 12.1 Å². The molecule has 0 N–H and O–H groups in total. The van der Waals surface area contributed by atoms with E-state index in [9.17, 15) is 9.59 Å². The quantitative estimate of drug-likeness (QED) is 0.849. The van der Waals surface area contributed by atoms with Gasteiger partial charge in [-0.3, -0.25) is 9.59 Å². The molecule has 4 heteroatoms. The van der Waals surface area contributed by atoms with Gasteiger partial charge in [0.25, 0.3) is 5.91 Å². The lowest BCUT2D eigenvalue weighted by atomic mass is 10.0. The van der Waals surface area contributed by atoms with Crippen molar-refractivity contribution in [1.82, 2.24) is 4.90 Å². The summed E-state index contributed by atoms with van der Waals surface area (Å²) >= 11 is 1.64. The molecule has 1 aliphatic heterocycles. The Kier molecular flexibility index (Phi) is 3.65. The van der Waals surface area contributed by atoms with E-state index in [0.717, 1.165) is 11.1 Å². The second-order valence-corrected chi connectivity index (χ2v) is 5.70. The summed E-state index contributed by atoms with van der Waals surface area (Å²) in [5.41, 5.74) is 2.90. The van der Waals surface area contributed by atoms with Gasteiger partial charge in [0.2, 0.25) is 0 Å². The van der Waals surface area contributed by atoms with E-state index in [1.165, 1.54) is 0 Å². The summed E-state index contributed by atoms with van der Waals surface area (Å²) in [5.74, 6) is 0.274. The third kappa shape index (κ3) is 2.65. The van der Waals surface area contributed by atoms with Crippen LogP contribution in [0.25, 0.3) is 11.1 Å². The van der Waals surface area contributed by atoms with Crippen LogP contribution in [0.3, 0.4) is 0 Å². The van der Waals surface area contributed by atoms with Crippen molar-refractivity contribution in [3.63, 3.8) is 0 Å². The Bertz CT molecular complexity index is 624. The van der Waals surface area contributed by atoms with E-state index >= 15 is 0 Å². The van der Waals surface area contributed by atoms with Crippen LogP contribution >= 0.6 is 11.3 Å². The SMILES string of the molecule is O=C1CCN(C(=O)c2cccc(-c3ccsc3)c2)CC1. The van der Waals surface area contributed by atoms with Crippen LogP contribution in [0.1, 0.15) is 23.2 Å². The summed E-state index contributed by atoms with van der Waals surface area (Å²) in [6, 6.07) is 9.75. The fourth-order valence-corrected chi connectivity index (χ4v) is 3.07. The topological polar surface area (TPSA) is 37.4 Å². The summed E-state index contributed by atoms with van der Waals surface area (Å²) in [5, 5.41) is 4.10. The molecule has 1 aromatic carbocycles. The highest BCUT2D eigenvalue weighted by molar-refractivity contribution is 7.08. The predicted octanol–water partition coefficient (Wildman–Crippen LogP) is 3.22. The Balaban J connectivity index is 1.82. The maximum Gasteiger partial charge on any atom is 0.253 e. The standard InChI is InChI=1S/C16H15NO2S/c18-15-4-7-17(8-5-15)16(19)13-3-1-2-12(10-13)14-6-9-20-11-14/h1-3,6,9-11H,4-5,7-8H2. The van der Waals surface area contributed by atoms with Crippen molar-refractivity contribution in [2.75, 3.05) is 13.1 Å². The molecule has 1 aliphatic rings. The van der Waals surface area contributed by atoms with Crippen molar-refractivity contribution in [2.24, 2.45) is 0 Å². The van der Waals surface area contributed by atoms with Crippen molar-refractivity contribution in [2.45, 2.75) is 12.8 Å². The molecule has 2 heterocycles. The lowest BCUT2D eigenvalue weighted by molar-refractivity contribution is -0.120. The lowest BCUT2D eigenvalue weighted by Gasteiger charge is -2.26. The van der Waals surface area contributed by atoms with Crippen LogP contribution < -0.4 is 0 Å². The van der Waals surface area contributed by atoms with Crippen molar-refractivity contribution in [1.29, 1.82) is 0 Å². The molecule has 1 saturated heterocycles. The number of nitrogens with zero attached hydrogens (tertiary/aromatic N) is 1. The van der Waals surface area contributed by atoms with Gasteiger partial charge in [-0.15, -0.1) is 0 Å². The molecule has 2 aromatic rings. The molecule has 0 bridgehead atoms. The predicted molar refractivity (Wildman–Crippen MR) is 79.9 cm³/mol. The van der Waals surface area contributed by atoms with Gasteiger partial charge in [-0.2, -0.15) is 11.3 Å². The van der Waals surface area contributed by atoms with Crippen molar-refractivity contribution >= 4 is 23.0 Å². The molecule has 0 aliphatic carbocycles. The van der Waals surface area contributed by atoms with E-state index in [2.05, 4.69) is 5.38 Å². The number of thiophene rings is 1. The first-order valence-corrected chi connectivity index (χ1v) is 7.62. The zero-order valence-electron chi connectivity index (χ0n) is 11.0. The molecule has 1 aromatic heterocycles. The first-order chi connectivity index (χ1) is 9.74. The fourth-order valence-electron chi connectivity index (χ4n) is 2.40. The Hall–Kier alpha value is -1.94. The fraction of sp³-hybridized carbons (Fsp3) is 0.250. The minimum absolute atomic E-state index is 0.0228. The van der Waals surface area contributed by atoms with Crippen LogP contribution in [-0.4, -0.2) is 29.7 Å². The average molecular weight is 285 g/mol. The highest BCUT2D eigenvalue weighted by Crippen LogP contribution is 2.23. The first-order valence-electron chi connectivity index (χ1n) is 6.67. The Morgan fingerprint density at radius 2 is 1.90 bits per heavy atom. The van der Waals surface area contributed by atoms with Gasteiger partial charge in [0.1, 0.15) is 5.78 Å². The summed E-state index contributed by atoms with van der Waals surface area (Å²) in [6.07, 6.45) is 0.964. The number of hydrogen-bond acceptors (Lipinski definition) is 3. The number of likely N-dealkylation sites (tertiary alicyclic amines) is 1. The van der Waals surface area contributed by atoms with Crippen LogP contribution in [0.5, 0.6) is 0 Å². The zero-order valence-corrected chi connectivity index (χ0v) is 11.9. The minimum atomic E-state index is 0.0228.